The summed E-state index contributed by atoms with van der Waals surface area (Å²) in [5.74, 6) is 0. The van der Waals surface area contributed by atoms with E-state index in [1.165, 1.54) is 88.6 Å². The highest BCUT2D eigenvalue weighted by atomic mass is 16.3. The molecule has 2 aliphatic carbocycles. The molecule has 2 heteroatoms. The first kappa shape index (κ1) is 30.9. The summed E-state index contributed by atoms with van der Waals surface area (Å²) in [6.45, 7) is 0. The lowest BCUT2D eigenvalue weighted by Gasteiger charge is -2.31. The van der Waals surface area contributed by atoms with Gasteiger partial charge in [0.15, 0.2) is 0 Å². The zero-order valence-electron chi connectivity index (χ0n) is 30.9. The van der Waals surface area contributed by atoms with Crippen LogP contribution in [-0.2, 0) is 5.41 Å². The molecular formula is C55H33NO. The van der Waals surface area contributed by atoms with Crippen LogP contribution < -0.4 is 0 Å². The molecule has 9 aromatic carbocycles. The fraction of sp³-hybridized carbons (Fsp3) is 0.0182. The van der Waals surface area contributed by atoms with Gasteiger partial charge in [0.2, 0.25) is 0 Å². The molecule has 0 aliphatic heterocycles. The number of rotatable bonds is 3. The molecule has 0 N–H and O–H groups in total. The SMILES string of the molecule is c1ccc(-c2cc3c(c4c2c2cc(-c5ccc6oc7ccccc7c6c5)ccc2n4-c2ccccc2)C2(c4ccccc4-c4ccccc42)c2ccccc2-3)cc1. The van der Waals surface area contributed by atoms with Crippen LogP contribution in [0.1, 0.15) is 22.3 Å². The number of fused-ring (bicyclic) bond motifs is 17. The Morgan fingerprint density at radius 3 is 1.61 bits per heavy atom. The third-order valence-corrected chi connectivity index (χ3v) is 12.8. The van der Waals surface area contributed by atoms with Crippen molar-refractivity contribution < 1.29 is 4.42 Å². The molecule has 57 heavy (non-hydrogen) atoms. The predicted octanol–water partition coefficient (Wildman–Crippen LogP) is 14.4. The second kappa shape index (κ2) is 11.3. The zero-order chi connectivity index (χ0) is 37.2. The van der Waals surface area contributed by atoms with E-state index in [-0.39, 0.29) is 0 Å². The topological polar surface area (TPSA) is 18.1 Å². The van der Waals surface area contributed by atoms with Crippen molar-refractivity contribution in [1.82, 2.24) is 4.57 Å². The van der Waals surface area contributed by atoms with Crippen molar-refractivity contribution in [1.29, 1.82) is 0 Å². The smallest absolute Gasteiger partial charge is 0.135 e. The third kappa shape index (κ3) is 3.99. The van der Waals surface area contributed by atoms with Crippen LogP contribution in [0.25, 0.3) is 93.9 Å². The summed E-state index contributed by atoms with van der Waals surface area (Å²) in [4.78, 5) is 0. The zero-order valence-corrected chi connectivity index (χ0v) is 30.9. The molecule has 0 saturated heterocycles. The van der Waals surface area contributed by atoms with Gasteiger partial charge in [0.05, 0.1) is 16.4 Å². The molecule has 2 aliphatic rings. The average Bonchev–Trinajstić information content (AvgIpc) is 4.00. The number of hydrogen-bond acceptors (Lipinski definition) is 1. The Hall–Kier alpha value is -7.42. The maximum absolute atomic E-state index is 6.25. The third-order valence-electron chi connectivity index (χ3n) is 12.8. The van der Waals surface area contributed by atoms with E-state index in [1.807, 2.05) is 6.07 Å². The van der Waals surface area contributed by atoms with Crippen molar-refractivity contribution in [3.8, 4) is 50.2 Å². The Morgan fingerprint density at radius 2 is 0.912 bits per heavy atom. The van der Waals surface area contributed by atoms with Crippen LogP contribution in [0.3, 0.4) is 0 Å². The van der Waals surface area contributed by atoms with Gasteiger partial charge in [-0.2, -0.15) is 0 Å². The number of benzene rings is 9. The minimum atomic E-state index is -0.510. The second-order valence-corrected chi connectivity index (χ2v) is 15.5. The van der Waals surface area contributed by atoms with Gasteiger partial charge in [-0.25, -0.2) is 0 Å². The highest BCUT2D eigenvalue weighted by Gasteiger charge is 2.53. The largest absolute Gasteiger partial charge is 0.456 e. The van der Waals surface area contributed by atoms with E-state index in [4.69, 9.17) is 4.42 Å². The maximum atomic E-state index is 6.25. The molecule has 0 fully saturated rings. The summed E-state index contributed by atoms with van der Waals surface area (Å²) < 4.78 is 8.81. The van der Waals surface area contributed by atoms with E-state index in [1.54, 1.807) is 0 Å². The van der Waals surface area contributed by atoms with E-state index in [0.29, 0.717) is 0 Å². The molecule has 11 aromatic rings. The minimum Gasteiger partial charge on any atom is -0.456 e. The van der Waals surface area contributed by atoms with Crippen molar-refractivity contribution in [2.45, 2.75) is 5.41 Å². The second-order valence-electron chi connectivity index (χ2n) is 15.5. The molecule has 0 amide bonds. The molecule has 0 bridgehead atoms. The van der Waals surface area contributed by atoms with E-state index < -0.39 is 5.41 Å². The quantitative estimate of drug-likeness (QED) is 0.177. The summed E-state index contributed by atoms with van der Waals surface area (Å²) in [5, 5.41) is 4.77. The molecular weight excluding hydrogens is 691 g/mol. The number of nitrogens with zero attached hydrogens (tertiary/aromatic N) is 1. The van der Waals surface area contributed by atoms with Crippen LogP contribution >= 0.6 is 0 Å². The number of furan rings is 1. The first-order valence-corrected chi connectivity index (χ1v) is 19.8. The van der Waals surface area contributed by atoms with Crippen molar-refractivity contribution in [2.75, 3.05) is 0 Å². The van der Waals surface area contributed by atoms with Gasteiger partial charge in [-0.3, -0.25) is 0 Å². The predicted molar refractivity (Wildman–Crippen MR) is 235 cm³/mol. The maximum Gasteiger partial charge on any atom is 0.135 e. The molecule has 0 unspecified atom stereocenters. The van der Waals surface area contributed by atoms with Gasteiger partial charge in [0.1, 0.15) is 11.2 Å². The Bertz CT molecular complexity index is 3410. The van der Waals surface area contributed by atoms with Gasteiger partial charge < -0.3 is 8.98 Å². The number of para-hydroxylation sites is 2. The van der Waals surface area contributed by atoms with Gasteiger partial charge in [0, 0.05) is 32.8 Å². The van der Waals surface area contributed by atoms with Crippen LogP contribution in [-0.4, -0.2) is 4.57 Å². The first-order chi connectivity index (χ1) is 28.3. The normalized spacial score (nSPS) is 13.4. The fourth-order valence-electron chi connectivity index (χ4n) is 10.6. The molecule has 2 heterocycles. The van der Waals surface area contributed by atoms with E-state index >= 15 is 0 Å². The van der Waals surface area contributed by atoms with Gasteiger partial charge in [0.25, 0.3) is 0 Å². The molecule has 0 saturated carbocycles. The standard InChI is InChI=1S/C55H33NO/c1-3-15-34(16-4-1)42-33-44-40-21-9-13-25-48(40)55(46-23-11-7-19-38(46)39-20-8-12-24-47(39)55)53(44)54-52(42)45-32-35(27-29-49(45)56(54)37-17-5-2-6-18-37)36-28-30-51-43(31-36)41-22-10-14-26-50(41)57-51/h1-33H. The van der Waals surface area contributed by atoms with Crippen molar-refractivity contribution >= 4 is 43.7 Å². The van der Waals surface area contributed by atoms with Gasteiger partial charge in [-0.05, 0) is 110 Å². The van der Waals surface area contributed by atoms with Crippen LogP contribution in [0.4, 0.5) is 0 Å². The van der Waals surface area contributed by atoms with Crippen molar-refractivity contribution in [2.24, 2.45) is 0 Å². The van der Waals surface area contributed by atoms with Gasteiger partial charge in [-0.1, -0.05) is 152 Å². The lowest BCUT2D eigenvalue weighted by molar-refractivity contribution is 0.669. The van der Waals surface area contributed by atoms with Gasteiger partial charge >= 0.3 is 0 Å². The summed E-state index contributed by atoms with van der Waals surface area (Å²) in [7, 11) is 0. The lowest BCUT2D eigenvalue weighted by Crippen LogP contribution is -2.26. The monoisotopic (exact) mass is 723 g/mol. The van der Waals surface area contributed by atoms with E-state index in [9.17, 15) is 0 Å². The molecule has 13 rings (SSSR count). The van der Waals surface area contributed by atoms with E-state index in [2.05, 4.69) is 199 Å². The molecule has 264 valence electrons. The first-order valence-electron chi connectivity index (χ1n) is 19.8. The molecule has 0 atom stereocenters. The minimum absolute atomic E-state index is 0.510. The molecule has 0 radical (unpaired) electrons. The van der Waals surface area contributed by atoms with Gasteiger partial charge in [-0.15, -0.1) is 0 Å². The molecule has 1 spiro atoms. The Morgan fingerprint density at radius 1 is 0.368 bits per heavy atom. The highest BCUT2D eigenvalue weighted by Crippen LogP contribution is 2.65. The van der Waals surface area contributed by atoms with Crippen LogP contribution in [0.2, 0.25) is 0 Å². The summed E-state index contributed by atoms with van der Waals surface area (Å²) in [6, 6.07) is 73.9. The summed E-state index contributed by atoms with van der Waals surface area (Å²) in [5.41, 5.74) is 20.3. The summed E-state index contributed by atoms with van der Waals surface area (Å²) in [6.07, 6.45) is 0. The van der Waals surface area contributed by atoms with Crippen molar-refractivity contribution in [3.05, 3.63) is 222 Å². The molecule has 2 nitrogen and oxygen atoms in total. The number of hydrogen-bond donors (Lipinski definition) is 0. The van der Waals surface area contributed by atoms with Crippen molar-refractivity contribution in [3.63, 3.8) is 0 Å². The Balaban J connectivity index is 1.23. The van der Waals surface area contributed by atoms with Crippen LogP contribution in [0.15, 0.2) is 205 Å². The summed E-state index contributed by atoms with van der Waals surface area (Å²) >= 11 is 0. The highest BCUT2D eigenvalue weighted by molar-refractivity contribution is 6.21. The lowest BCUT2D eigenvalue weighted by atomic mass is 9.70. The average molecular weight is 724 g/mol. The van der Waals surface area contributed by atoms with Crippen LogP contribution in [0, 0.1) is 0 Å². The Labute approximate surface area is 329 Å². The number of aromatic nitrogens is 1. The fourth-order valence-corrected chi connectivity index (χ4v) is 10.6. The van der Waals surface area contributed by atoms with E-state index in [0.717, 1.165) is 27.6 Å². The van der Waals surface area contributed by atoms with Crippen LogP contribution in [0.5, 0.6) is 0 Å². The Kier molecular flexibility index (Phi) is 6.13. The molecule has 2 aromatic heterocycles.